The summed E-state index contributed by atoms with van der Waals surface area (Å²) < 4.78 is 0. The first-order valence-corrected chi connectivity index (χ1v) is 9.30. The molecule has 2 nitrogen and oxygen atoms in total. The Hall–Kier alpha value is -0.0800. The summed E-state index contributed by atoms with van der Waals surface area (Å²) in [5, 5.41) is 3.89. The predicted octanol–water partition coefficient (Wildman–Crippen LogP) is 3.95. The normalized spacial score (nSPS) is 35.2. The maximum atomic E-state index is 3.89. The Kier molecular flexibility index (Phi) is 5.04. The zero-order chi connectivity index (χ0) is 13.8. The number of hydrogen-bond acceptors (Lipinski definition) is 2. The topological polar surface area (TPSA) is 15.3 Å². The minimum Gasteiger partial charge on any atom is -0.309 e. The largest absolute Gasteiger partial charge is 0.309 e. The van der Waals surface area contributed by atoms with Crippen molar-refractivity contribution in [1.82, 2.24) is 10.2 Å². The average molecular weight is 278 g/mol. The molecule has 0 bridgehead atoms. The molecule has 3 rings (SSSR count). The maximum Gasteiger partial charge on any atom is 0.0309 e. The Balaban J connectivity index is 1.52. The minimum atomic E-state index is 0.497. The quantitative estimate of drug-likeness (QED) is 0.841. The molecule has 2 heteroatoms. The Labute approximate surface area is 125 Å². The van der Waals surface area contributed by atoms with E-state index in [1.165, 1.54) is 90.3 Å². The average Bonchev–Trinajstić information content (AvgIpc) is 2.49. The lowest BCUT2D eigenvalue weighted by Gasteiger charge is -2.49. The molecular weight excluding hydrogens is 244 g/mol. The first-order valence-electron chi connectivity index (χ1n) is 9.30. The van der Waals surface area contributed by atoms with Gasteiger partial charge < -0.3 is 5.32 Å². The first kappa shape index (κ1) is 14.8. The third kappa shape index (κ3) is 3.39. The van der Waals surface area contributed by atoms with E-state index in [9.17, 15) is 0 Å². The van der Waals surface area contributed by atoms with Crippen LogP contribution >= 0.6 is 0 Å². The van der Waals surface area contributed by atoms with Gasteiger partial charge in [0, 0.05) is 31.2 Å². The highest BCUT2D eigenvalue weighted by molar-refractivity contribution is 4.98. The van der Waals surface area contributed by atoms with Gasteiger partial charge in [-0.25, -0.2) is 0 Å². The lowest BCUT2D eigenvalue weighted by atomic mass is 9.78. The Morgan fingerprint density at radius 3 is 2.50 bits per heavy atom. The minimum absolute atomic E-state index is 0.497. The zero-order valence-corrected chi connectivity index (χ0v) is 13.5. The van der Waals surface area contributed by atoms with Gasteiger partial charge in [0.05, 0.1) is 0 Å². The van der Waals surface area contributed by atoms with E-state index in [1.54, 1.807) is 0 Å². The van der Waals surface area contributed by atoms with E-state index in [2.05, 4.69) is 17.1 Å². The Morgan fingerprint density at radius 1 is 1.05 bits per heavy atom. The molecule has 116 valence electrons. The zero-order valence-electron chi connectivity index (χ0n) is 13.5. The van der Waals surface area contributed by atoms with Crippen LogP contribution < -0.4 is 5.32 Å². The van der Waals surface area contributed by atoms with Gasteiger partial charge in [0.25, 0.3) is 0 Å². The number of piperazine rings is 1. The first-order chi connectivity index (χ1) is 9.81. The molecule has 3 aliphatic rings. The molecule has 3 fully saturated rings. The van der Waals surface area contributed by atoms with Crippen molar-refractivity contribution in [3.05, 3.63) is 0 Å². The fourth-order valence-corrected chi connectivity index (χ4v) is 5.07. The summed E-state index contributed by atoms with van der Waals surface area (Å²) in [6.07, 6.45) is 16.0. The summed E-state index contributed by atoms with van der Waals surface area (Å²) in [5.41, 5.74) is 0.497. The summed E-state index contributed by atoms with van der Waals surface area (Å²) in [5.74, 6) is 1.04. The van der Waals surface area contributed by atoms with E-state index in [4.69, 9.17) is 0 Å². The van der Waals surface area contributed by atoms with Crippen LogP contribution in [0.15, 0.2) is 0 Å². The fraction of sp³-hybridized carbons (Fsp3) is 1.00. The van der Waals surface area contributed by atoms with Crippen molar-refractivity contribution < 1.29 is 0 Å². The summed E-state index contributed by atoms with van der Waals surface area (Å²) >= 11 is 0. The van der Waals surface area contributed by atoms with Crippen LogP contribution in [0.25, 0.3) is 0 Å². The molecule has 0 aromatic heterocycles. The van der Waals surface area contributed by atoms with Crippen molar-refractivity contribution in [2.24, 2.45) is 5.92 Å². The van der Waals surface area contributed by atoms with Gasteiger partial charge in [-0.1, -0.05) is 39.0 Å². The third-order valence-electron chi connectivity index (χ3n) is 6.25. The highest BCUT2D eigenvalue weighted by Gasteiger charge is 2.38. The number of rotatable bonds is 3. The molecule has 1 spiro atoms. The van der Waals surface area contributed by atoms with Crippen LogP contribution in [0, 0.1) is 5.92 Å². The third-order valence-corrected chi connectivity index (χ3v) is 6.25. The van der Waals surface area contributed by atoms with Gasteiger partial charge in [0.2, 0.25) is 0 Å². The standard InChI is InChI=1S/C18H34N2/c1-2-6-16-7-9-17(10-8-16)20-14-13-19-18(15-20)11-4-3-5-12-18/h16-17,19H,2-15H2,1H3. The van der Waals surface area contributed by atoms with E-state index >= 15 is 0 Å². The molecule has 20 heavy (non-hydrogen) atoms. The van der Waals surface area contributed by atoms with Crippen molar-refractivity contribution in [3.8, 4) is 0 Å². The molecule has 0 radical (unpaired) electrons. The molecule has 0 aromatic carbocycles. The highest BCUT2D eigenvalue weighted by atomic mass is 15.2. The van der Waals surface area contributed by atoms with Crippen molar-refractivity contribution in [3.63, 3.8) is 0 Å². The lowest BCUT2D eigenvalue weighted by Crippen LogP contribution is -2.63. The molecule has 1 saturated heterocycles. The molecule has 2 aliphatic carbocycles. The maximum absolute atomic E-state index is 3.89. The van der Waals surface area contributed by atoms with E-state index in [-0.39, 0.29) is 0 Å². The molecule has 0 amide bonds. The van der Waals surface area contributed by atoms with Crippen LogP contribution in [0.4, 0.5) is 0 Å². The second-order valence-electron chi connectivity index (χ2n) is 7.70. The van der Waals surface area contributed by atoms with Crippen LogP contribution in [-0.4, -0.2) is 36.1 Å². The molecule has 1 N–H and O–H groups in total. The van der Waals surface area contributed by atoms with Gasteiger partial charge in [-0.2, -0.15) is 0 Å². The molecule has 0 atom stereocenters. The highest BCUT2D eigenvalue weighted by Crippen LogP contribution is 2.35. The summed E-state index contributed by atoms with van der Waals surface area (Å²) in [6.45, 7) is 6.21. The molecule has 2 saturated carbocycles. The van der Waals surface area contributed by atoms with Gasteiger partial charge in [-0.05, 0) is 44.4 Å². The van der Waals surface area contributed by atoms with Crippen molar-refractivity contribution in [2.75, 3.05) is 19.6 Å². The molecule has 0 aromatic rings. The number of nitrogens with zero attached hydrogens (tertiary/aromatic N) is 1. The summed E-state index contributed by atoms with van der Waals surface area (Å²) in [4.78, 5) is 2.87. The van der Waals surface area contributed by atoms with Crippen LogP contribution in [0.2, 0.25) is 0 Å². The van der Waals surface area contributed by atoms with Crippen LogP contribution in [0.5, 0.6) is 0 Å². The SMILES string of the molecule is CCCC1CCC(N2CCNC3(CCCCC3)C2)CC1. The number of hydrogen-bond donors (Lipinski definition) is 1. The van der Waals surface area contributed by atoms with Crippen LogP contribution in [0.3, 0.4) is 0 Å². The van der Waals surface area contributed by atoms with E-state index in [1.807, 2.05) is 0 Å². The molecule has 0 unspecified atom stereocenters. The van der Waals surface area contributed by atoms with E-state index < -0.39 is 0 Å². The van der Waals surface area contributed by atoms with Gasteiger partial charge in [0.1, 0.15) is 0 Å². The molecular formula is C18H34N2. The smallest absolute Gasteiger partial charge is 0.0309 e. The second kappa shape index (κ2) is 6.79. The number of nitrogens with one attached hydrogen (secondary N) is 1. The van der Waals surface area contributed by atoms with Crippen molar-refractivity contribution in [2.45, 2.75) is 89.1 Å². The van der Waals surface area contributed by atoms with E-state index in [0.717, 1.165) is 12.0 Å². The fourth-order valence-electron chi connectivity index (χ4n) is 5.07. The van der Waals surface area contributed by atoms with Gasteiger partial charge >= 0.3 is 0 Å². The monoisotopic (exact) mass is 278 g/mol. The molecule has 1 heterocycles. The second-order valence-corrected chi connectivity index (χ2v) is 7.70. The van der Waals surface area contributed by atoms with E-state index in [0.29, 0.717) is 5.54 Å². The Morgan fingerprint density at radius 2 is 1.80 bits per heavy atom. The summed E-state index contributed by atoms with van der Waals surface area (Å²) in [6, 6.07) is 0.906. The van der Waals surface area contributed by atoms with Crippen molar-refractivity contribution >= 4 is 0 Å². The van der Waals surface area contributed by atoms with Gasteiger partial charge in [-0.15, -0.1) is 0 Å². The Bertz CT molecular complexity index is 282. The van der Waals surface area contributed by atoms with Crippen LogP contribution in [0.1, 0.15) is 77.6 Å². The van der Waals surface area contributed by atoms with Gasteiger partial charge in [0.15, 0.2) is 0 Å². The predicted molar refractivity (Wildman–Crippen MR) is 86.0 cm³/mol. The molecule has 1 aliphatic heterocycles. The van der Waals surface area contributed by atoms with Gasteiger partial charge in [-0.3, -0.25) is 4.90 Å². The van der Waals surface area contributed by atoms with Crippen molar-refractivity contribution in [1.29, 1.82) is 0 Å². The summed E-state index contributed by atoms with van der Waals surface area (Å²) in [7, 11) is 0. The van der Waals surface area contributed by atoms with Crippen LogP contribution in [-0.2, 0) is 0 Å². The lowest BCUT2D eigenvalue weighted by molar-refractivity contribution is 0.0469.